The van der Waals surface area contributed by atoms with E-state index >= 15 is 0 Å². The van der Waals surface area contributed by atoms with Gasteiger partial charge >= 0.3 is 6.09 Å². The fraction of sp³-hybridized carbons (Fsp3) is 0.375. The van der Waals surface area contributed by atoms with Crippen LogP contribution in [0.3, 0.4) is 0 Å². The number of thiazole rings is 1. The van der Waals surface area contributed by atoms with Crippen LogP contribution in [0.1, 0.15) is 23.1 Å². The van der Waals surface area contributed by atoms with Crippen molar-refractivity contribution in [2.75, 3.05) is 18.5 Å². The molecule has 1 amide bonds. The molecule has 0 unspecified atom stereocenters. The first kappa shape index (κ1) is 18.7. The summed E-state index contributed by atoms with van der Waals surface area (Å²) in [6, 6.07) is 5.43. The number of hydrogen-bond donors (Lipinski definition) is 1. The van der Waals surface area contributed by atoms with E-state index in [-0.39, 0.29) is 18.9 Å². The summed E-state index contributed by atoms with van der Waals surface area (Å²) in [7, 11) is -3.54. The maximum Gasteiger partial charge on any atom is 0.413 e. The van der Waals surface area contributed by atoms with Crippen LogP contribution in [0.2, 0.25) is 0 Å². The quantitative estimate of drug-likeness (QED) is 0.835. The van der Waals surface area contributed by atoms with Gasteiger partial charge < -0.3 is 4.74 Å². The minimum absolute atomic E-state index is 0.185. The number of carbonyl (C=O) groups excluding carboxylic acids is 1. The van der Waals surface area contributed by atoms with Gasteiger partial charge in [0, 0.05) is 24.4 Å². The number of rotatable bonds is 5. The zero-order valence-electron chi connectivity index (χ0n) is 14.1. The van der Waals surface area contributed by atoms with Crippen molar-refractivity contribution in [1.82, 2.24) is 9.29 Å². The molecule has 26 heavy (non-hydrogen) atoms. The molecule has 0 saturated heterocycles. The summed E-state index contributed by atoms with van der Waals surface area (Å²) in [5.74, 6) is -0.588. The average Bonchev–Trinajstić information content (AvgIpc) is 2.98. The van der Waals surface area contributed by atoms with E-state index in [2.05, 4.69) is 10.3 Å². The van der Waals surface area contributed by atoms with Crippen molar-refractivity contribution in [2.45, 2.75) is 25.6 Å². The summed E-state index contributed by atoms with van der Waals surface area (Å²) in [5, 5.41) is 2.94. The SMILES string of the molecule is CCOC(=O)Nc1nc2c(s1)CN(S(=O)(=O)Cc1ccc(F)cc1)CC2. The molecule has 2 heterocycles. The summed E-state index contributed by atoms with van der Waals surface area (Å²) in [6.45, 7) is 2.49. The van der Waals surface area contributed by atoms with Crippen molar-refractivity contribution >= 4 is 32.6 Å². The highest BCUT2D eigenvalue weighted by atomic mass is 32.2. The van der Waals surface area contributed by atoms with Crippen molar-refractivity contribution < 1.29 is 22.3 Å². The van der Waals surface area contributed by atoms with Crippen molar-refractivity contribution in [3.05, 3.63) is 46.2 Å². The Morgan fingerprint density at radius 2 is 2.12 bits per heavy atom. The molecule has 1 aromatic heterocycles. The monoisotopic (exact) mass is 399 g/mol. The van der Waals surface area contributed by atoms with Crippen molar-refractivity contribution in [2.24, 2.45) is 0 Å². The molecular weight excluding hydrogens is 381 g/mol. The number of halogens is 1. The first-order valence-electron chi connectivity index (χ1n) is 8.02. The molecule has 1 aliphatic rings. The third-order valence-corrected chi connectivity index (χ3v) is 6.63. The van der Waals surface area contributed by atoms with Gasteiger partial charge in [-0.3, -0.25) is 5.32 Å². The number of nitrogens with zero attached hydrogens (tertiary/aromatic N) is 2. The Hall–Kier alpha value is -2.04. The zero-order valence-corrected chi connectivity index (χ0v) is 15.7. The lowest BCUT2D eigenvalue weighted by molar-refractivity contribution is 0.168. The van der Waals surface area contributed by atoms with Crippen LogP contribution in [-0.4, -0.2) is 37.0 Å². The van der Waals surface area contributed by atoms with Crippen LogP contribution in [0.5, 0.6) is 0 Å². The molecule has 0 saturated carbocycles. The number of ether oxygens (including phenoxy) is 1. The second-order valence-electron chi connectivity index (χ2n) is 5.70. The molecule has 1 N–H and O–H groups in total. The van der Waals surface area contributed by atoms with E-state index in [0.717, 1.165) is 10.6 Å². The van der Waals surface area contributed by atoms with Gasteiger partial charge in [0.2, 0.25) is 10.0 Å². The number of fused-ring (bicyclic) bond motifs is 1. The molecule has 0 fully saturated rings. The Morgan fingerprint density at radius 1 is 1.38 bits per heavy atom. The second kappa shape index (κ2) is 7.68. The maximum atomic E-state index is 13.0. The highest BCUT2D eigenvalue weighted by Crippen LogP contribution is 2.30. The van der Waals surface area contributed by atoms with E-state index in [0.29, 0.717) is 23.7 Å². The largest absolute Gasteiger partial charge is 0.450 e. The summed E-state index contributed by atoms with van der Waals surface area (Å²) in [4.78, 5) is 16.6. The van der Waals surface area contributed by atoms with Crippen LogP contribution in [0.25, 0.3) is 0 Å². The van der Waals surface area contributed by atoms with Gasteiger partial charge in [0.05, 0.1) is 18.1 Å². The Balaban J connectivity index is 1.70. The molecule has 140 valence electrons. The molecule has 1 aromatic carbocycles. The van der Waals surface area contributed by atoms with Gasteiger partial charge in [-0.1, -0.05) is 23.5 Å². The van der Waals surface area contributed by atoms with E-state index in [9.17, 15) is 17.6 Å². The van der Waals surface area contributed by atoms with E-state index in [1.807, 2.05) is 0 Å². The molecule has 0 spiro atoms. The van der Waals surface area contributed by atoms with E-state index < -0.39 is 21.9 Å². The lowest BCUT2D eigenvalue weighted by Gasteiger charge is -2.25. The number of sulfonamides is 1. The summed E-state index contributed by atoms with van der Waals surface area (Å²) >= 11 is 1.24. The smallest absolute Gasteiger partial charge is 0.413 e. The van der Waals surface area contributed by atoms with E-state index in [1.165, 1.54) is 39.9 Å². The number of benzene rings is 1. The molecule has 1 aliphatic heterocycles. The van der Waals surface area contributed by atoms with Crippen LogP contribution in [0.15, 0.2) is 24.3 Å². The molecular formula is C16H18FN3O4S2. The van der Waals surface area contributed by atoms with Gasteiger partial charge in [0.15, 0.2) is 5.13 Å². The Bertz CT molecular complexity index is 897. The van der Waals surface area contributed by atoms with Crippen LogP contribution >= 0.6 is 11.3 Å². The molecule has 2 aromatic rings. The second-order valence-corrected chi connectivity index (χ2v) is 8.75. The van der Waals surface area contributed by atoms with Crippen LogP contribution in [0.4, 0.5) is 14.3 Å². The predicted octanol–water partition coefficient (Wildman–Crippen LogP) is 2.74. The van der Waals surface area contributed by atoms with Crippen molar-refractivity contribution in [3.63, 3.8) is 0 Å². The highest BCUT2D eigenvalue weighted by molar-refractivity contribution is 7.88. The van der Waals surface area contributed by atoms with Crippen LogP contribution in [-0.2, 0) is 33.5 Å². The summed E-state index contributed by atoms with van der Waals surface area (Å²) in [6.07, 6.45) is -0.113. The predicted molar refractivity (Wildman–Crippen MR) is 95.9 cm³/mol. The number of anilines is 1. The van der Waals surface area contributed by atoms with Crippen LogP contribution in [0, 0.1) is 5.82 Å². The minimum Gasteiger partial charge on any atom is -0.450 e. The number of hydrogen-bond acceptors (Lipinski definition) is 6. The first-order chi connectivity index (χ1) is 12.4. The van der Waals surface area contributed by atoms with E-state index in [1.54, 1.807) is 6.92 Å². The topological polar surface area (TPSA) is 88.6 Å². The Morgan fingerprint density at radius 3 is 2.81 bits per heavy atom. The number of nitrogens with one attached hydrogen (secondary N) is 1. The molecule has 10 heteroatoms. The van der Waals surface area contributed by atoms with Crippen molar-refractivity contribution in [3.8, 4) is 0 Å². The molecule has 0 radical (unpaired) electrons. The van der Waals surface area contributed by atoms with Gasteiger partial charge in [-0.05, 0) is 24.6 Å². The third-order valence-electron chi connectivity index (χ3n) is 3.84. The fourth-order valence-corrected chi connectivity index (χ4v) is 5.18. The summed E-state index contributed by atoms with van der Waals surface area (Å²) in [5.41, 5.74) is 1.32. The maximum absolute atomic E-state index is 13.0. The van der Waals surface area contributed by atoms with Crippen LogP contribution < -0.4 is 5.32 Å². The van der Waals surface area contributed by atoms with E-state index in [4.69, 9.17) is 4.74 Å². The van der Waals surface area contributed by atoms with Crippen molar-refractivity contribution in [1.29, 1.82) is 0 Å². The van der Waals surface area contributed by atoms with Gasteiger partial charge in [-0.25, -0.2) is 22.6 Å². The lowest BCUT2D eigenvalue weighted by Crippen LogP contribution is -2.36. The molecule has 0 aliphatic carbocycles. The van der Waals surface area contributed by atoms with Gasteiger partial charge in [-0.15, -0.1) is 0 Å². The standard InChI is InChI=1S/C16H18FN3O4S2/c1-2-24-16(21)19-15-18-13-7-8-20(9-14(13)25-15)26(22,23)10-11-3-5-12(17)6-4-11/h3-6H,2,7-10H2,1H3,(H,18,19,21). The number of carbonyl (C=O) groups is 1. The lowest BCUT2D eigenvalue weighted by atomic mass is 10.2. The Labute approximate surface area is 154 Å². The minimum atomic E-state index is -3.54. The number of aromatic nitrogens is 1. The highest BCUT2D eigenvalue weighted by Gasteiger charge is 2.29. The van der Waals surface area contributed by atoms with Gasteiger partial charge in [-0.2, -0.15) is 4.31 Å². The molecule has 0 bridgehead atoms. The zero-order chi connectivity index (χ0) is 18.7. The van der Waals surface area contributed by atoms with Gasteiger partial charge in [0.25, 0.3) is 0 Å². The average molecular weight is 399 g/mol. The number of amides is 1. The first-order valence-corrected chi connectivity index (χ1v) is 10.4. The Kier molecular flexibility index (Phi) is 5.54. The third kappa shape index (κ3) is 4.37. The van der Waals surface area contributed by atoms with Gasteiger partial charge in [0.1, 0.15) is 5.82 Å². The molecule has 0 atom stereocenters. The summed E-state index contributed by atoms with van der Waals surface area (Å²) < 4.78 is 44.5. The molecule has 3 rings (SSSR count). The normalized spacial score (nSPS) is 14.7. The fourth-order valence-electron chi connectivity index (χ4n) is 2.60. The molecule has 7 nitrogen and oxygen atoms in total.